The smallest absolute Gasteiger partial charge is 0.251 e. The maximum absolute atomic E-state index is 12.5. The Hall–Kier alpha value is -2.00. The third kappa shape index (κ3) is 6.12. The molecule has 6 nitrogen and oxygen atoms in total. The van der Waals surface area contributed by atoms with Crippen molar-refractivity contribution in [1.29, 1.82) is 0 Å². The van der Waals surface area contributed by atoms with Crippen LogP contribution in [0.5, 0.6) is 5.75 Å². The van der Waals surface area contributed by atoms with E-state index in [9.17, 15) is 4.79 Å². The van der Waals surface area contributed by atoms with E-state index >= 15 is 0 Å². The van der Waals surface area contributed by atoms with Crippen molar-refractivity contribution in [3.05, 3.63) is 47.5 Å². The first-order valence-corrected chi connectivity index (χ1v) is 12.8. The Morgan fingerprint density at radius 1 is 1.21 bits per heavy atom. The van der Waals surface area contributed by atoms with Crippen LogP contribution in [0.2, 0.25) is 0 Å². The summed E-state index contributed by atoms with van der Waals surface area (Å²) >= 11 is 3.49. The van der Waals surface area contributed by atoms with Gasteiger partial charge in [-0.1, -0.05) is 30.4 Å². The van der Waals surface area contributed by atoms with Crippen molar-refractivity contribution in [2.75, 3.05) is 57.0 Å². The van der Waals surface area contributed by atoms with E-state index in [1.165, 1.54) is 10.3 Å². The number of methoxy groups -OCH3 is 1. The van der Waals surface area contributed by atoms with Gasteiger partial charge in [-0.15, -0.1) is 24.2 Å². The van der Waals surface area contributed by atoms with Gasteiger partial charge in [-0.2, -0.15) is 0 Å². The monoisotopic (exact) mass is 506 g/mol. The lowest BCUT2D eigenvalue weighted by Gasteiger charge is -2.34. The quantitative estimate of drug-likeness (QED) is 0.447. The van der Waals surface area contributed by atoms with Gasteiger partial charge in [0.15, 0.2) is 5.13 Å². The Bertz CT molecular complexity index is 1080. The van der Waals surface area contributed by atoms with Gasteiger partial charge in [0.05, 0.1) is 11.8 Å². The highest BCUT2D eigenvalue weighted by Crippen LogP contribution is 2.36. The van der Waals surface area contributed by atoms with Crippen LogP contribution in [-0.2, 0) is 0 Å². The first-order valence-electron chi connectivity index (χ1n) is 11.0. The van der Waals surface area contributed by atoms with Crippen molar-refractivity contribution in [3.8, 4) is 5.75 Å². The molecule has 1 N–H and O–H groups in total. The largest absolute Gasteiger partial charge is 0.494 e. The number of aromatic nitrogens is 1. The Morgan fingerprint density at radius 2 is 2.00 bits per heavy atom. The number of rotatable bonds is 8. The molecule has 0 aliphatic carbocycles. The van der Waals surface area contributed by atoms with Gasteiger partial charge < -0.3 is 15.0 Å². The van der Waals surface area contributed by atoms with Crippen molar-refractivity contribution in [3.63, 3.8) is 0 Å². The summed E-state index contributed by atoms with van der Waals surface area (Å²) in [5.74, 6) is 1.84. The number of piperazine rings is 1. The molecule has 0 spiro atoms. The highest BCUT2D eigenvalue weighted by atomic mass is 35.5. The van der Waals surface area contributed by atoms with Crippen LogP contribution in [0.25, 0.3) is 10.2 Å². The lowest BCUT2D eigenvalue weighted by Crippen LogP contribution is -2.48. The van der Waals surface area contributed by atoms with E-state index < -0.39 is 0 Å². The van der Waals surface area contributed by atoms with Gasteiger partial charge in [-0.25, -0.2) is 4.98 Å². The minimum Gasteiger partial charge on any atom is -0.494 e. The first-order chi connectivity index (χ1) is 15.6. The van der Waals surface area contributed by atoms with Gasteiger partial charge in [-0.3, -0.25) is 9.69 Å². The van der Waals surface area contributed by atoms with E-state index in [4.69, 9.17) is 9.72 Å². The average molecular weight is 507 g/mol. The summed E-state index contributed by atoms with van der Waals surface area (Å²) in [6.07, 6.45) is 0. The number of benzene rings is 2. The number of anilines is 1. The van der Waals surface area contributed by atoms with Crippen LogP contribution in [-0.4, -0.2) is 67.9 Å². The fourth-order valence-corrected chi connectivity index (χ4v) is 5.71. The number of thioether (sulfide) groups is 1. The predicted molar refractivity (Wildman–Crippen MR) is 142 cm³/mol. The molecule has 33 heavy (non-hydrogen) atoms. The first kappa shape index (κ1) is 25.6. The van der Waals surface area contributed by atoms with E-state index in [0.29, 0.717) is 6.54 Å². The van der Waals surface area contributed by atoms with Crippen LogP contribution in [0.15, 0.2) is 41.3 Å². The third-order valence-electron chi connectivity index (χ3n) is 5.68. The molecular weight excluding hydrogens is 476 g/mol. The number of halogens is 1. The van der Waals surface area contributed by atoms with E-state index in [0.717, 1.165) is 65.3 Å². The Labute approximate surface area is 210 Å². The second-order valence-electron chi connectivity index (χ2n) is 7.80. The van der Waals surface area contributed by atoms with E-state index in [2.05, 4.69) is 35.0 Å². The molecule has 2 aromatic carbocycles. The molecule has 0 unspecified atom stereocenters. The molecule has 9 heteroatoms. The molecule has 1 saturated heterocycles. The molecule has 1 aliphatic heterocycles. The number of hydrogen-bond donors (Lipinski definition) is 1. The highest BCUT2D eigenvalue weighted by molar-refractivity contribution is 7.99. The van der Waals surface area contributed by atoms with Crippen molar-refractivity contribution >= 4 is 56.8 Å². The zero-order chi connectivity index (χ0) is 22.5. The summed E-state index contributed by atoms with van der Waals surface area (Å²) in [6, 6.07) is 11.9. The lowest BCUT2D eigenvalue weighted by molar-refractivity contribution is 0.0947. The summed E-state index contributed by atoms with van der Waals surface area (Å²) < 4.78 is 6.70. The van der Waals surface area contributed by atoms with Gasteiger partial charge in [0, 0.05) is 49.7 Å². The molecule has 0 saturated carbocycles. The molecule has 0 radical (unpaired) electrons. The average Bonchev–Trinajstić information content (AvgIpc) is 3.27. The number of hydrogen-bond acceptors (Lipinski definition) is 7. The maximum atomic E-state index is 12.5. The van der Waals surface area contributed by atoms with Gasteiger partial charge in [-0.05, 0) is 42.5 Å². The van der Waals surface area contributed by atoms with Crippen LogP contribution >= 0.6 is 35.5 Å². The maximum Gasteiger partial charge on any atom is 0.251 e. The van der Waals surface area contributed by atoms with Gasteiger partial charge >= 0.3 is 0 Å². The molecule has 1 aliphatic rings. The number of aryl methyl sites for hydroxylation is 1. The zero-order valence-electron chi connectivity index (χ0n) is 19.3. The zero-order valence-corrected chi connectivity index (χ0v) is 21.7. The molecule has 3 aromatic rings. The fourth-order valence-electron chi connectivity index (χ4n) is 3.88. The topological polar surface area (TPSA) is 57.7 Å². The van der Waals surface area contributed by atoms with Gasteiger partial charge in [0.1, 0.15) is 11.3 Å². The van der Waals surface area contributed by atoms with Crippen molar-refractivity contribution in [2.45, 2.75) is 18.7 Å². The molecule has 0 atom stereocenters. The molecule has 1 amide bonds. The van der Waals surface area contributed by atoms with E-state index in [1.807, 2.05) is 30.3 Å². The number of thiazole rings is 1. The van der Waals surface area contributed by atoms with E-state index in [-0.39, 0.29) is 18.3 Å². The third-order valence-corrected chi connectivity index (χ3v) is 7.80. The van der Waals surface area contributed by atoms with Crippen molar-refractivity contribution in [1.82, 2.24) is 15.2 Å². The fraction of sp³-hybridized carbons (Fsp3) is 0.417. The van der Waals surface area contributed by atoms with Crippen LogP contribution in [0.3, 0.4) is 0 Å². The number of amides is 1. The summed E-state index contributed by atoms with van der Waals surface area (Å²) in [7, 11) is 1.70. The molecular formula is C24H31ClN4O2S2. The predicted octanol–water partition coefficient (Wildman–Crippen LogP) is 4.70. The van der Waals surface area contributed by atoms with Crippen LogP contribution in [0, 0.1) is 6.92 Å². The number of carbonyl (C=O) groups excluding carboxylic acids is 1. The number of nitrogens with one attached hydrogen (secondary N) is 1. The number of ether oxygens (including phenoxy) is 1. The second kappa shape index (κ2) is 11.9. The van der Waals surface area contributed by atoms with Crippen LogP contribution in [0.4, 0.5) is 5.13 Å². The van der Waals surface area contributed by atoms with Crippen molar-refractivity contribution < 1.29 is 9.53 Å². The van der Waals surface area contributed by atoms with Gasteiger partial charge in [0.25, 0.3) is 5.91 Å². The Morgan fingerprint density at radius 3 is 2.73 bits per heavy atom. The van der Waals surface area contributed by atoms with Crippen molar-refractivity contribution in [2.24, 2.45) is 0 Å². The summed E-state index contributed by atoms with van der Waals surface area (Å²) in [5, 5.41) is 4.13. The molecule has 2 heterocycles. The normalized spacial score (nSPS) is 14.2. The SMILES string of the molecule is CCSc1cccc(C(=O)NCCN2CCN(c3nc4c(OC)ccc(C)c4s3)CC2)c1.Cl. The Kier molecular flexibility index (Phi) is 9.26. The lowest BCUT2D eigenvalue weighted by atomic mass is 10.2. The van der Waals surface area contributed by atoms with E-state index in [1.54, 1.807) is 30.2 Å². The van der Waals surface area contributed by atoms with Crippen LogP contribution < -0.4 is 15.0 Å². The molecule has 0 bridgehead atoms. The number of fused-ring (bicyclic) bond motifs is 1. The summed E-state index contributed by atoms with van der Waals surface area (Å²) in [4.78, 5) is 23.3. The molecule has 1 aromatic heterocycles. The summed E-state index contributed by atoms with van der Waals surface area (Å²) in [5.41, 5.74) is 2.92. The highest BCUT2D eigenvalue weighted by Gasteiger charge is 2.21. The molecule has 4 rings (SSSR count). The summed E-state index contributed by atoms with van der Waals surface area (Å²) in [6.45, 7) is 9.55. The standard InChI is InChI=1S/C24H30N4O2S2.ClH/c1-4-31-19-7-5-6-18(16-19)23(29)25-10-11-27-12-14-28(15-13-27)24-26-21-20(30-3)9-8-17(2)22(21)32-24;/h5-9,16H,4,10-15H2,1-3H3,(H,25,29);1H. The second-order valence-corrected chi connectivity index (χ2v) is 10.1. The minimum absolute atomic E-state index is 0. The van der Waals surface area contributed by atoms with Gasteiger partial charge in [0.2, 0.25) is 0 Å². The Balaban J connectivity index is 0.00000306. The number of nitrogens with zero attached hydrogens (tertiary/aromatic N) is 3. The minimum atomic E-state index is 0. The molecule has 178 valence electrons. The number of carbonyl (C=O) groups is 1. The van der Waals surface area contributed by atoms with Crippen LogP contribution in [0.1, 0.15) is 22.8 Å². The molecule has 1 fully saturated rings.